The number of carbonyl (C=O) groups excluding carboxylic acids is 1. The van der Waals surface area contributed by atoms with E-state index in [2.05, 4.69) is 10.6 Å². The average Bonchev–Trinajstić information content (AvgIpc) is 3.03. The highest BCUT2D eigenvalue weighted by Crippen LogP contribution is 2.46. The number of hydrogen-bond donors (Lipinski definition) is 4. The minimum atomic E-state index is -1.25. The van der Waals surface area contributed by atoms with Crippen LogP contribution < -0.4 is 10.6 Å². The standard InChI is InChI=1S/C9H16N2O4S/c1-16-9(2-3-9)5-10-8(15)11-6(4-12)7(13)14/h6,12H,2-5H2,1H3,(H,13,14)(H2,10,11,15)/t6-/m0/s1. The van der Waals surface area contributed by atoms with Gasteiger partial charge in [-0.05, 0) is 19.1 Å². The quantitative estimate of drug-likeness (QED) is 0.514. The van der Waals surface area contributed by atoms with E-state index in [4.69, 9.17) is 10.2 Å². The molecule has 0 spiro atoms. The molecule has 1 saturated carbocycles. The van der Waals surface area contributed by atoms with Gasteiger partial charge in [0.25, 0.3) is 0 Å². The molecule has 0 unspecified atom stereocenters. The molecule has 4 N–H and O–H groups in total. The molecule has 1 fully saturated rings. The molecule has 6 nitrogen and oxygen atoms in total. The molecule has 0 aromatic heterocycles. The van der Waals surface area contributed by atoms with E-state index < -0.39 is 24.6 Å². The highest BCUT2D eigenvalue weighted by Gasteiger charge is 2.42. The van der Waals surface area contributed by atoms with E-state index >= 15 is 0 Å². The summed E-state index contributed by atoms with van der Waals surface area (Å²) in [5.41, 5.74) is 0. The first-order chi connectivity index (χ1) is 7.53. The summed E-state index contributed by atoms with van der Waals surface area (Å²) in [5.74, 6) is -1.25. The number of carboxylic acid groups (broad SMARTS) is 1. The van der Waals surface area contributed by atoms with E-state index in [9.17, 15) is 9.59 Å². The molecular formula is C9H16N2O4S. The number of carboxylic acids is 1. The summed E-state index contributed by atoms with van der Waals surface area (Å²) in [4.78, 5) is 21.8. The van der Waals surface area contributed by atoms with Gasteiger partial charge < -0.3 is 20.8 Å². The van der Waals surface area contributed by atoms with Gasteiger partial charge in [-0.25, -0.2) is 9.59 Å². The Balaban J connectivity index is 2.27. The highest BCUT2D eigenvalue weighted by molar-refractivity contribution is 8.00. The fourth-order valence-electron chi connectivity index (χ4n) is 1.23. The van der Waals surface area contributed by atoms with Crippen molar-refractivity contribution >= 4 is 23.8 Å². The van der Waals surface area contributed by atoms with Crippen LogP contribution in [0.3, 0.4) is 0 Å². The fraction of sp³-hybridized carbons (Fsp3) is 0.778. The van der Waals surface area contributed by atoms with Crippen molar-refractivity contribution in [2.24, 2.45) is 0 Å². The number of urea groups is 1. The monoisotopic (exact) mass is 248 g/mol. The van der Waals surface area contributed by atoms with Crippen LogP contribution in [0.1, 0.15) is 12.8 Å². The number of hydrogen-bond acceptors (Lipinski definition) is 4. The SMILES string of the molecule is CSC1(CNC(=O)N[C@@H](CO)C(=O)O)CC1. The van der Waals surface area contributed by atoms with E-state index in [0.29, 0.717) is 6.54 Å². The van der Waals surface area contributed by atoms with Gasteiger partial charge in [0.15, 0.2) is 6.04 Å². The molecule has 0 saturated heterocycles. The minimum Gasteiger partial charge on any atom is -0.480 e. The maximum atomic E-state index is 11.3. The third-order valence-electron chi connectivity index (χ3n) is 2.60. The maximum absolute atomic E-state index is 11.3. The van der Waals surface area contributed by atoms with Crippen LogP contribution in [0.25, 0.3) is 0 Å². The number of carbonyl (C=O) groups is 2. The predicted molar refractivity (Wildman–Crippen MR) is 60.5 cm³/mol. The van der Waals surface area contributed by atoms with Gasteiger partial charge in [0.2, 0.25) is 0 Å². The van der Waals surface area contributed by atoms with Crippen molar-refractivity contribution in [3.63, 3.8) is 0 Å². The largest absolute Gasteiger partial charge is 0.480 e. The zero-order chi connectivity index (χ0) is 12.2. The summed E-state index contributed by atoms with van der Waals surface area (Å²) < 4.78 is 0.134. The van der Waals surface area contributed by atoms with Crippen LogP contribution >= 0.6 is 11.8 Å². The third-order valence-corrected chi connectivity index (χ3v) is 4.02. The summed E-state index contributed by atoms with van der Waals surface area (Å²) in [6.07, 6.45) is 4.12. The lowest BCUT2D eigenvalue weighted by Gasteiger charge is -2.16. The summed E-state index contributed by atoms with van der Waals surface area (Å²) >= 11 is 1.70. The van der Waals surface area contributed by atoms with E-state index in [-0.39, 0.29) is 4.75 Å². The first kappa shape index (κ1) is 13.1. The summed E-state index contributed by atoms with van der Waals surface area (Å²) in [7, 11) is 0. The second kappa shape index (κ2) is 5.40. The Labute approximate surface area is 97.8 Å². The fourth-order valence-corrected chi connectivity index (χ4v) is 1.96. The van der Waals surface area contributed by atoms with Crippen LogP contribution in [-0.2, 0) is 4.79 Å². The minimum absolute atomic E-state index is 0.134. The summed E-state index contributed by atoms with van der Waals surface area (Å²) in [6, 6.07) is -1.80. The smallest absolute Gasteiger partial charge is 0.328 e. The lowest BCUT2D eigenvalue weighted by atomic mass is 10.3. The Morgan fingerprint density at radius 2 is 2.12 bits per heavy atom. The van der Waals surface area contributed by atoms with Crippen molar-refractivity contribution in [1.29, 1.82) is 0 Å². The Bertz CT molecular complexity index is 281. The molecule has 1 rings (SSSR count). The third kappa shape index (κ3) is 3.57. The van der Waals surface area contributed by atoms with Crippen LogP contribution in [0, 0.1) is 0 Å². The van der Waals surface area contributed by atoms with Crippen molar-refractivity contribution in [3.8, 4) is 0 Å². The zero-order valence-corrected chi connectivity index (χ0v) is 9.84. The molecule has 2 amide bonds. The van der Waals surface area contributed by atoms with Crippen molar-refractivity contribution in [1.82, 2.24) is 10.6 Å². The highest BCUT2D eigenvalue weighted by atomic mass is 32.2. The van der Waals surface area contributed by atoms with Crippen molar-refractivity contribution in [3.05, 3.63) is 0 Å². The maximum Gasteiger partial charge on any atom is 0.328 e. The van der Waals surface area contributed by atoms with Crippen LogP contribution in [0.5, 0.6) is 0 Å². The van der Waals surface area contributed by atoms with Gasteiger partial charge in [0, 0.05) is 11.3 Å². The lowest BCUT2D eigenvalue weighted by molar-refractivity contribution is -0.140. The molecule has 0 heterocycles. The molecule has 0 aromatic carbocycles. The first-order valence-corrected chi connectivity index (χ1v) is 6.19. The van der Waals surface area contributed by atoms with Gasteiger partial charge in [-0.1, -0.05) is 0 Å². The number of aliphatic carboxylic acids is 1. The van der Waals surface area contributed by atoms with E-state index in [1.807, 2.05) is 6.26 Å². The molecular weight excluding hydrogens is 232 g/mol. The first-order valence-electron chi connectivity index (χ1n) is 4.96. The molecule has 16 heavy (non-hydrogen) atoms. The Kier molecular flexibility index (Phi) is 4.43. The van der Waals surface area contributed by atoms with Crippen LogP contribution in [0.4, 0.5) is 4.79 Å². The number of aliphatic hydroxyl groups is 1. The van der Waals surface area contributed by atoms with Crippen LogP contribution in [0.2, 0.25) is 0 Å². The molecule has 7 heteroatoms. The van der Waals surface area contributed by atoms with Gasteiger partial charge in [-0.2, -0.15) is 11.8 Å². The van der Waals surface area contributed by atoms with Crippen LogP contribution in [-0.4, -0.2) is 52.4 Å². The second-order valence-corrected chi connectivity index (χ2v) is 5.06. The van der Waals surface area contributed by atoms with Gasteiger partial charge in [0.1, 0.15) is 0 Å². The van der Waals surface area contributed by atoms with Crippen molar-refractivity contribution in [2.75, 3.05) is 19.4 Å². The van der Waals surface area contributed by atoms with E-state index in [1.165, 1.54) is 0 Å². The van der Waals surface area contributed by atoms with E-state index in [1.54, 1.807) is 11.8 Å². The van der Waals surface area contributed by atoms with Crippen LogP contribution in [0.15, 0.2) is 0 Å². The van der Waals surface area contributed by atoms with E-state index in [0.717, 1.165) is 12.8 Å². The van der Waals surface area contributed by atoms with Gasteiger partial charge in [0.05, 0.1) is 6.61 Å². The molecule has 1 aliphatic rings. The van der Waals surface area contributed by atoms with Gasteiger partial charge in [-0.15, -0.1) is 0 Å². The van der Waals surface area contributed by atoms with Gasteiger partial charge in [-0.3, -0.25) is 0 Å². The second-order valence-electron chi connectivity index (χ2n) is 3.79. The lowest BCUT2D eigenvalue weighted by Crippen LogP contribution is -2.49. The van der Waals surface area contributed by atoms with Crippen molar-refractivity contribution < 1.29 is 19.8 Å². The molecule has 0 radical (unpaired) electrons. The molecule has 92 valence electrons. The number of thioether (sulfide) groups is 1. The molecule has 0 bridgehead atoms. The molecule has 1 aliphatic carbocycles. The number of rotatable bonds is 6. The molecule has 0 aromatic rings. The Morgan fingerprint density at radius 1 is 1.50 bits per heavy atom. The predicted octanol–water partition coefficient (Wildman–Crippen LogP) is -0.373. The summed E-state index contributed by atoms with van der Waals surface area (Å²) in [6.45, 7) is -0.0891. The average molecular weight is 248 g/mol. The van der Waals surface area contributed by atoms with Gasteiger partial charge >= 0.3 is 12.0 Å². The topological polar surface area (TPSA) is 98.7 Å². The summed E-state index contributed by atoms with van der Waals surface area (Å²) in [5, 5.41) is 22.1. The number of amides is 2. The Morgan fingerprint density at radius 3 is 2.50 bits per heavy atom. The zero-order valence-electron chi connectivity index (χ0n) is 9.02. The van der Waals surface area contributed by atoms with Crippen molar-refractivity contribution in [2.45, 2.75) is 23.6 Å². The Hall–Kier alpha value is -0.950. The molecule has 0 aliphatic heterocycles. The number of nitrogens with one attached hydrogen (secondary N) is 2. The number of aliphatic hydroxyl groups excluding tert-OH is 1. The normalized spacial score (nSPS) is 18.6. The molecule has 1 atom stereocenters.